The van der Waals surface area contributed by atoms with E-state index in [0.29, 0.717) is 11.7 Å². The van der Waals surface area contributed by atoms with Crippen LogP contribution in [0.1, 0.15) is 38.8 Å². The van der Waals surface area contributed by atoms with Gasteiger partial charge in [0.05, 0.1) is 19.9 Å². The zero-order valence-corrected chi connectivity index (χ0v) is 14.0. The predicted molar refractivity (Wildman–Crippen MR) is 83.4 cm³/mol. The third kappa shape index (κ3) is 3.09. The highest BCUT2D eigenvalue weighted by Gasteiger charge is 2.45. The molecule has 0 aliphatic heterocycles. The second-order valence-corrected chi connectivity index (χ2v) is 6.67. The molecule has 0 amide bonds. The van der Waals surface area contributed by atoms with Crippen LogP contribution in [0.15, 0.2) is 6.20 Å². The van der Waals surface area contributed by atoms with Crippen LogP contribution in [0.25, 0.3) is 0 Å². The van der Waals surface area contributed by atoms with Crippen molar-refractivity contribution in [1.29, 1.82) is 0 Å². The molecule has 1 saturated carbocycles. The molecule has 1 fully saturated rings. The summed E-state index contributed by atoms with van der Waals surface area (Å²) in [5.74, 6) is 1.41. The van der Waals surface area contributed by atoms with Gasteiger partial charge in [-0.1, -0.05) is 20.3 Å². The molecule has 0 saturated heterocycles. The van der Waals surface area contributed by atoms with E-state index in [1.165, 1.54) is 6.42 Å². The van der Waals surface area contributed by atoms with Crippen molar-refractivity contribution in [2.24, 2.45) is 11.8 Å². The van der Waals surface area contributed by atoms with E-state index < -0.39 is 5.60 Å². The molecule has 0 bridgehead atoms. The van der Waals surface area contributed by atoms with Gasteiger partial charge in [0, 0.05) is 6.54 Å². The number of aromatic nitrogens is 2. The van der Waals surface area contributed by atoms with Crippen molar-refractivity contribution in [2.45, 2.75) is 45.3 Å². The summed E-state index contributed by atoms with van der Waals surface area (Å²) in [6.07, 6.45) is 4.74. The van der Waals surface area contributed by atoms with Crippen LogP contribution in [0.2, 0.25) is 0 Å². The van der Waals surface area contributed by atoms with E-state index in [9.17, 15) is 5.11 Å². The molecule has 21 heavy (non-hydrogen) atoms. The summed E-state index contributed by atoms with van der Waals surface area (Å²) in [4.78, 5) is 2.12. The van der Waals surface area contributed by atoms with Crippen LogP contribution < -0.4 is 4.74 Å². The first-order chi connectivity index (χ1) is 9.90. The summed E-state index contributed by atoms with van der Waals surface area (Å²) in [5.41, 5.74) is 0.0112. The Kier molecular flexibility index (Phi) is 4.94. The molecular weight excluding hydrogens is 266 g/mol. The van der Waals surface area contributed by atoms with E-state index in [4.69, 9.17) is 4.74 Å². The van der Waals surface area contributed by atoms with Crippen molar-refractivity contribution in [2.75, 3.05) is 27.7 Å². The molecule has 1 N–H and O–H groups in total. The fraction of sp³-hybridized carbons (Fsp3) is 0.812. The van der Waals surface area contributed by atoms with Crippen molar-refractivity contribution >= 4 is 0 Å². The smallest absolute Gasteiger partial charge is 0.162 e. The topological polar surface area (TPSA) is 50.5 Å². The van der Waals surface area contributed by atoms with E-state index in [-0.39, 0.29) is 5.92 Å². The number of ether oxygens (including phenoxy) is 1. The van der Waals surface area contributed by atoms with Crippen LogP contribution in [-0.4, -0.2) is 47.5 Å². The molecule has 1 aliphatic carbocycles. The number of hydrogen-bond acceptors (Lipinski definition) is 4. The van der Waals surface area contributed by atoms with Crippen LogP contribution in [0.4, 0.5) is 0 Å². The Morgan fingerprint density at radius 2 is 2.19 bits per heavy atom. The third-order valence-corrected chi connectivity index (χ3v) is 5.02. The molecule has 120 valence electrons. The van der Waals surface area contributed by atoms with Gasteiger partial charge in [0.1, 0.15) is 11.3 Å². The summed E-state index contributed by atoms with van der Waals surface area (Å²) < 4.78 is 7.40. The second kappa shape index (κ2) is 6.36. The molecule has 2 rings (SSSR count). The number of likely N-dealkylation sites (N-methyl/N-ethyl adjacent to an activating group) is 1. The van der Waals surface area contributed by atoms with Gasteiger partial charge in [-0.3, -0.25) is 4.68 Å². The lowest BCUT2D eigenvalue weighted by atomic mass is 9.69. The van der Waals surface area contributed by atoms with Crippen LogP contribution in [0.5, 0.6) is 5.75 Å². The van der Waals surface area contributed by atoms with E-state index in [0.717, 1.165) is 31.6 Å². The molecule has 1 heterocycles. The van der Waals surface area contributed by atoms with Crippen molar-refractivity contribution in [3.63, 3.8) is 0 Å². The van der Waals surface area contributed by atoms with Gasteiger partial charge < -0.3 is 14.7 Å². The average molecular weight is 295 g/mol. The van der Waals surface area contributed by atoms with Crippen molar-refractivity contribution in [3.05, 3.63) is 11.9 Å². The molecule has 0 spiro atoms. The average Bonchev–Trinajstić information content (AvgIpc) is 2.86. The largest absolute Gasteiger partial charge is 0.493 e. The normalized spacial score (nSPS) is 29.9. The molecular formula is C16H29N3O2. The maximum atomic E-state index is 11.4. The summed E-state index contributed by atoms with van der Waals surface area (Å²) in [5, 5.41) is 15.8. The first-order valence-corrected chi connectivity index (χ1v) is 7.87. The molecule has 5 nitrogen and oxygen atoms in total. The Bertz CT molecular complexity index is 472. The predicted octanol–water partition coefficient (Wildman–Crippen LogP) is 2.10. The minimum atomic E-state index is -0.841. The lowest BCUT2D eigenvalue weighted by Crippen LogP contribution is -2.42. The van der Waals surface area contributed by atoms with Crippen LogP contribution in [0, 0.1) is 11.8 Å². The fourth-order valence-electron chi connectivity index (χ4n) is 3.39. The third-order valence-electron chi connectivity index (χ3n) is 5.02. The maximum absolute atomic E-state index is 11.4. The van der Waals surface area contributed by atoms with Gasteiger partial charge in [-0.25, -0.2) is 0 Å². The number of hydrogen-bond donors (Lipinski definition) is 1. The highest BCUT2D eigenvalue weighted by molar-refractivity contribution is 5.32. The van der Waals surface area contributed by atoms with Crippen molar-refractivity contribution < 1.29 is 9.84 Å². The highest BCUT2D eigenvalue weighted by atomic mass is 16.5. The van der Waals surface area contributed by atoms with Gasteiger partial charge in [0.2, 0.25) is 0 Å². The van der Waals surface area contributed by atoms with Gasteiger partial charge in [0.25, 0.3) is 0 Å². The minimum absolute atomic E-state index is 0.204. The van der Waals surface area contributed by atoms with Crippen LogP contribution in [-0.2, 0) is 12.1 Å². The summed E-state index contributed by atoms with van der Waals surface area (Å²) in [7, 11) is 5.73. The Labute approximate surface area is 127 Å². The minimum Gasteiger partial charge on any atom is -0.493 e. The number of rotatable bonds is 5. The number of nitrogens with zero attached hydrogens (tertiary/aromatic N) is 3. The van der Waals surface area contributed by atoms with Crippen molar-refractivity contribution in [3.8, 4) is 5.75 Å². The Morgan fingerprint density at radius 1 is 1.48 bits per heavy atom. The van der Waals surface area contributed by atoms with E-state index in [1.54, 1.807) is 13.3 Å². The zero-order valence-electron chi connectivity index (χ0n) is 14.0. The molecule has 0 aromatic carbocycles. The van der Waals surface area contributed by atoms with Gasteiger partial charge in [-0.15, -0.1) is 0 Å². The molecule has 0 radical (unpaired) electrons. The van der Waals surface area contributed by atoms with Gasteiger partial charge in [0.15, 0.2) is 5.75 Å². The van der Waals surface area contributed by atoms with Crippen LogP contribution >= 0.6 is 0 Å². The van der Waals surface area contributed by atoms with Gasteiger partial charge in [-0.05, 0) is 38.8 Å². The number of methoxy groups -OCH3 is 1. The first-order valence-electron chi connectivity index (χ1n) is 7.87. The fourth-order valence-corrected chi connectivity index (χ4v) is 3.39. The Hall–Kier alpha value is -1.07. The molecule has 3 atom stereocenters. The maximum Gasteiger partial charge on any atom is 0.162 e. The summed E-state index contributed by atoms with van der Waals surface area (Å²) in [6.45, 7) is 6.02. The zero-order chi connectivity index (χ0) is 15.6. The molecule has 1 aromatic heterocycles. The molecule has 1 aromatic rings. The SMILES string of the molecule is COc1cnn(CCN(C)C)c1C1(O)CCCC(C)C1C. The summed E-state index contributed by atoms with van der Waals surface area (Å²) in [6, 6.07) is 0. The Morgan fingerprint density at radius 3 is 2.81 bits per heavy atom. The van der Waals surface area contributed by atoms with Gasteiger partial charge in [-0.2, -0.15) is 5.10 Å². The monoisotopic (exact) mass is 295 g/mol. The molecule has 5 heteroatoms. The number of aliphatic hydroxyl groups is 1. The summed E-state index contributed by atoms with van der Waals surface area (Å²) >= 11 is 0. The van der Waals surface area contributed by atoms with E-state index >= 15 is 0 Å². The highest BCUT2D eigenvalue weighted by Crippen LogP contribution is 2.47. The quantitative estimate of drug-likeness (QED) is 0.904. The first kappa shape index (κ1) is 16.3. The lowest BCUT2D eigenvalue weighted by molar-refractivity contribution is -0.0767. The van der Waals surface area contributed by atoms with Crippen LogP contribution in [0.3, 0.4) is 0 Å². The standard InChI is InChI=1S/C16H29N3O2/c1-12-7-6-8-16(20,13(12)2)15-14(21-5)11-17-19(15)10-9-18(3)4/h11-13,20H,6-10H2,1-5H3. The van der Waals surface area contributed by atoms with E-state index in [1.807, 2.05) is 18.8 Å². The van der Waals surface area contributed by atoms with E-state index in [2.05, 4.69) is 23.8 Å². The lowest BCUT2D eigenvalue weighted by Gasteiger charge is -2.42. The van der Waals surface area contributed by atoms with Crippen molar-refractivity contribution in [1.82, 2.24) is 14.7 Å². The van der Waals surface area contributed by atoms with Gasteiger partial charge >= 0.3 is 0 Å². The Balaban J connectivity index is 2.37. The molecule has 1 aliphatic rings. The second-order valence-electron chi connectivity index (χ2n) is 6.67. The molecule has 3 unspecified atom stereocenters.